The van der Waals surface area contributed by atoms with Gasteiger partial charge in [0.15, 0.2) is 0 Å². The fourth-order valence-corrected chi connectivity index (χ4v) is 1.89. The molecule has 16 heavy (non-hydrogen) atoms. The molecule has 0 aromatic carbocycles. The molecule has 0 amide bonds. The summed E-state index contributed by atoms with van der Waals surface area (Å²) in [6.07, 6.45) is 2.04. The van der Waals surface area contributed by atoms with Crippen molar-refractivity contribution in [2.24, 2.45) is 0 Å². The van der Waals surface area contributed by atoms with Gasteiger partial charge < -0.3 is 10.5 Å². The first-order valence-electron chi connectivity index (χ1n) is 5.44. The highest BCUT2D eigenvalue weighted by Crippen LogP contribution is 2.26. The molecule has 0 radical (unpaired) electrons. The number of methoxy groups -OCH3 is 1. The highest BCUT2D eigenvalue weighted by molar-refractivity contribution is 9.10. The minimum absolute atomic E-state index is 0.367. The first kappa shape index (κ1) is 13.4. The maximum absolute atomic E-state index is 5.85. The molecular formula is C11H18BrN3O. The average Bonchev–Trinajstić information content (AvgIpc) is 2.27. The third kappa shape index (κ3) is 2.92. The van der Waals surface area contributed by atoms with Gasteiger partial charge in [0.2, 0.25) is 0 Å². The van der Waals surface area contributed by atoms with E-state index >= 15 is 0 Å². The second kappa shape index (κ2) is 6.15. The predicted molar refractivity (Wildman–Crippen MR) is 68.2 cm³/mol. The van der Waals surface area contributed by atoms with Gasteiger partial charge in [0.1, 0.15) is 11.6 Å². The molecule has 0 aliphatic carbocycles. The number of rotatable bonds is 5. The van der Waals surface area contributed by atoms with Crippen LogP contribution in [0.2, 0.25) is 0 Å². The van der Waals surface area contributed by atoms with Crippen LogP contribution in [0.5, 0.6) is 0 Å². The van der Waals surface area contributed by atoms with Crippen LogP contribution < -0.4 is 5.73 Å². The van der Waals surface area contributed by atoms with Gasteiger partial charge in [-0.3, -0.25) is 0 Å². The number of nitrogens with two attached hydrogens (primary N) is 1. The molecule has 0 spiro atoms. The van der Waals surface area contributed by atoms with Crippen LogP contribution in [-0.4, -0.2) is 17.1 Å². The SMILES string of the molecule is CCC(CC)c1nc(N)c(Br)c(COC)n1. The van der Waals surface area contributed by atoms with E-state index in [0.717, 1.165) is 28.8 Å². The average molecular weight is 288 g/mol. The number of nitrogen functional groups attached to an aromatic ring is 1. The maximum Gasteiger partial charge on any atom is 0.141 e. The first-order valence-corrected chi connectivity index (χ1v) is 6.23. The van der Waals surface area contributed by atoms with Gasteiger partial charge in [-0.15, -0.1) is 0 Å². The topological polar surface area (TPSA) is 61.0 Å². The third-order valence-corrected chi connectivity index (χ3v) is 3.46. The lowest BCUT2D eigenvalue weighted by molar-refractivity contribution is 0.180. The van der Waals surface area contributed by atoms with Crippen molar-refractivity contribution in [3.05, 3.63) is 16.0 Å². The molecule has 0 aliphatic heterocycles. The van der Waals surface area contributed by atoms with Crippen molar-refractivity contribution in [1.82, 2.24) is 9.97 Å². The van der Waals surface area contributed by atoms with E-state index in [1.807, 2.05) is 0 Å². The zero-order valence-electron chi connectivity index (χ0n) is 9.96. The number of hydrogen-bond acceptors (Lipinski definition) is 4. The molecule has 0 atom stereocenters. The number of nitrogens with zero attached hydrogens (tertiary/aromatic N) is 2. The Morgan fingerprint density at radius 2 is 1.94 bits per heavy atom. The Kier molecular flexibility index (Phi) is 5.15. The van der Waals surface area contributed by atoms with E-state index in [1.165, 1.54) is 0 Å². The smallest absolute Gasteiger partial charge is 0.141 e. The molecule has 2 N–H and O–H groups in total. The van der Waals surface area contributed by atoms with Crippen LogP contribution in [0.4, 0.5) is 5.82 Å². The molecule has 0 bridgehead atoms. The molecule has 0 unspecified atom stereocenters. The largest absolute Gasteiger partial charge is 0.383 e. The molecule has 1 aromatic heterocycles. The Morgan fingerprint density at radius 1 is 1.31 bits per heavy atom. The van der Waals surface area contributed by atoms with Crippen molar-refractivity contribution in [2.45, 2.75) is 39.2 Å². The van der Waals surface area contributed by atoms with Crippen molar-refractivity contribution in [3.63, 3.8) is 0 Å². The molecule has 5 heteroatoms. The molecule has 0 saturated heterocycles. The van der Waals surface area contributed by atoms with Gasteiger partial charge in [0, 0.05) is 13.0 Å². The highest BCUT2D eigenvalue weighted by Gasteiger charge is 2.15. The molecule has 90 valence electrons. The summed E-state index contributed by atoms with van der Waals surface area (Å²) in [7, 11) is 1.64. The van der Waals surface area contributed by atoms with Crippen molar-refractivity contribution >= 4 is 21.7 Å². The molecule has 1 rings (SSSR count). The van der Waals surface area contributed by atoms with Gasteiger partial charge in [-0.25, -0.2) is 9.97 Å². The molecule has 0 fully saturated rings. The predicted octanol–water partition coefficient (Wildman–Crippen LogP) is 2.87. The number of anilines is 1. The van der Waals surface area contributed by atoms with E-state index in [9.17, 15) is 0 Å². The second-order valence-electron chi connectivity index (χ2n) is 3.67. The van der Waals surface area contributed by atoms with Crippen LogP contribution in [0, 0.1) is 0 Å². The monoisotopic (exact) mass is 287 g/mol. The summed E-state index contributed by atoms with van der Waals surface area (Å²) in [6, 6.07) is 0. The Bertz CT molecular complexity index is 353. The number of hydrogen-bond donors (Lipinski definition) is 1. The van der Waals surface area contributed by atoms with E-state index < -0.39 is 0 Å². The Hall–Kier alpha value is -0.680. The molecule has 0 aliphatic rings. The second-order valence-corrected chi connectivity index (χ2v) is 4.47. The summed E-state index contributed by atoms with van der Waals surface area (Å²) in [4.78, 5) is 8.82. The van der Waals surface area contributed by atoms with E-state index in [0.29, 0.717) is 18.3 Å². The highest BCUT2D eigenvalue weighted by atomic mass is 79.9. The van der Waals surface area contributed by atoms with Crippen LogP contribution in [-0.2, 0) is 11.3 Å². The summed E-state index contributed by atoms with van der Waals surface area (Å²) in [5.41, 5.74) is 6.66. The van der Waals surface area contributed by atoms with Gasteiger partial charge in [0.05, 0.1) is 16.8 Å². The van der Waals surface area contributed by atoms with Crippen molar-refractivity contribution in [3.8, 4) is 0 Å². The molecule has 4 nitrogen and oxygen atoms in total. The van der Waals surface area contributed by atoms with Crippen LogP contribution in [0.1, 0.15) is 44.1 Å². The lowest BCUT2D eigenvalue weighted by Crippen LogP contribution is -2.09. The van der Waals surface area contributed by atoms with Crippen molar-refractivity contribution in [2.75, 3.05) is 12.8 Å². The molecule has 1 heterocycles. The van der Waals surface area contributed by atoms with E-state index in [2.05, 4.69) is 39.7 Å². The Balaban J connectivity index is 3.12. The normalized spacial score (nSPS) is 11.1. The molecular weight excluding hydrogens is 270 g/mol. The van der Waals surface area contributed by atoms with Crippen molar-refractivity contribution in [1.29, 1.82) is 0 Å². The van der Waals surface area contributed by atoms with Gasteiger partial charge in [-0.1, -0.05) is 13.8 Å². The Morgan fingerprint density at radius 3 is 2.44 bits per heavy atom. The Labute approximate surface area is 105 Å². The standard InChI is InChI=1S/C11H18BrN3O/c1-4-7(5-2)11-14-8(6-16-3)9(12)10(13)15-11/h7H,4-6H2,1-3H3,(H2,13,14,15). The molecule has 0 saturated carbocycles. The zero-order valence-corrected chi connectivity index (χ0v) is 11.5. The van der Waals surface area contributed by atoms with Gasteiger partial charge >= 0.3 is 0 Å². The van der Waals surface area contributed by atoms with Crippen LogP contribution in [0.3, 0.4) is 0 Å². The minimum Gasteiger partial charge on any atom is -0.383 e. The van der Waals surface area contributed by atoms with Gasteiger partial charge in [-0.05, 0) is 28.8 Å². The zero-order chi connectivity index (χ0) is 12.1. The molecule has 1 aromatic rings. The third-order valence-electron chi connectivity index (χ3n) is 2.59. The van der Waals surface area contributed by atoms with E-state index in [-0.39, 0.29) is 0 Å². The number of aromatic nitrogens is 2. The number of halogens is 1. The van der Waals surface area contributed by atoms with Crippen LogP contribution >= 0.6 is 15.9 Å². The maximum atomic E-state index is 5.85. The summed E-state index contributed by atoms with van der Waals surface area (Å²) in [5, 5.41) is 0. The van der Waals surface area contributed by atoms with E-state index in [4.69, 9.17) is 10.5 Å². The summed E-state index contributed by atoms with van der Waals surface area (Å²) in [5.74, 6) is 1.67. The van der Waals surface area contributed by atoms with Gasteiger partial charge in [-0.2, -0.15) is 0 Å². The van der Waals surface area contributed by atoms with Crippen molar-refractivity contribution < 1.29 is 4.74 Å². The summed E-state index contributed by atoms with van der Waals surface area (Å²) >= 11 is 3.38. The van der Waals surface area contributed by atoms with Crippen LogP contribution in [0.15, 0.2) is 4.47 Å². The van der Waals surface area contributed by atoms with E-state index in [1.54, 1.807) is 7.11 Å². The lowest BCUT2D eigenvalue weighted by Gasteiger charge is -2.14. The fraction of sp³-hybridized carbons (Fsp3) is 0.636. The summed E-state index contributed by atoms with van der Waals surface area (Å²) < 4.78 is 5.83. The first-order chi connectivity index (χ1) is 7.63. The minimum atomic E-state index is 0.367. The number of ether oxygens (including phenoxy) is 1. The quantitative estimate of drug-likeness (QED) is 0.905. The fourth-order valence-electron chi connectivity index (χ4n) is 1.60. The lowest BCUT2D eigenvalue weighted by atomic mass is 10.0. The van der Waals surface area contributed by atoms with Gasteiger partial charge in [0.25, 0.3) is 0 Å². The summed E-state index contributed by atoms with van der Waals surface area (Å²) in [6.45, 7) is 4.71. The van der Waals surface area contributed by atoms with Crippen LogP contribution in [0.25, 0.3) is 0 Å².